The molecule has 0 saturated carbocycles. The molecule has 4 nitrogen and oxygen atoms in total. The third-order valence-corrected chi connectivity index (χ3v) is 4.19. The molecule has 2 heterocycles. The Bertz CT molecular complexity index is 555. The highest BCUT2D eigenvalue weighted by molar-refractivity contribution is 6.31. The van der Waals surface area contributed by atoms with Gasteiger partial charge in [0.05, 0.1) is 6.61 Å². The largest absolute Gasteiger partial charge is 0.367 e. The summed E-state index contributed by atoms with van der Waals surface area (Å²) in [7, 11) is 0. The van der Waals surface area contributed by atoms with E-state index in [4.69, 9.17) is 30.5 Å². The Morgan fingerprint density at radius 3 is 2.86 bits per heavy atom. The van der Waals surface area contributed by atoms with Crippen molar-refractivity contribution in [3.05, 3.63) is 47.5 Å². The first kappa shape index (κ1) is 15.9. The fourth-order valence-electron chi connectivity index (χ4n) is 2.67. The number of fused-ring (bicyclic) bond motifs is 1. The van der Waals surface area contributed by atoms with Gasteiger partial charge in [-0.3, -0.25) is 0 Å². The van der Waals surface area contributed by atoms with Crippen LogP contribution in [0.1, 0.15) is 12.5 Å². The molecule has 3 rings (SSSR count). The van der Waals surface area contributed by atoms with Crippen LogP contribution in [0.4, 0.5) is 4.39 Å². The summed E-state index contributed by atoms with van der Waals surface area (Å²) in [5, 5.41) is 0.630. The molecule has 2 aliphatic heterocycles. The second-order valence-corrected chi connectivity index (χ2v) is 5.95. The Morgan fingerprint density at radius 2 is 2.18 bits per heavy atom. The first-order chi connectivity index (χ1) is 10.6. The average molecular weight is 329 g/mol. The quantitative estimate of drug-likeness (QED) is 0.778. The van der Waals surface area contributed by atoms with Crippen molar-refractivity contribution in [2.75, 3.05) is 6.67 Å². The molecule has 0 spiro atoms. The van der Waals surface area contributed by atoms with Gasteiger partial charge in [0, 0.05) is 5.02 Å². The van der Waals surface area contributed by atoms with Crippen LogP contribution < -0.4 is 0 Å². The monoisotopic (exact) mass is 328 g/mol. The minimum absolute atomic E-state index is 0.303. The molecule has 2 saturated heterocycles. The first-order valence-corrected chi connectivity index (χ1v) is 7.49. The van der Waals surface area contributed by atoms with Gasteiger partial charge in [-0.15, -0.1) is 6.58 Å². The van der Waals surface area contributed by atoms with E-state index in [1.54, 1.807) is 19.1 Å². The Kier molecular flexibility index (Phi) is 4.52. The molecule has 6 heteroatoms. The summed E-state index contributed by atoms with van der Waals surface area (Å²) in [6.07, 6.45) is -0.310. The minimum atomic E-state index is -1.28. The lowest BCUT2D eigenvalue weighted by Crippen LogP contribution is -2.37. The smallest absolute Gasteiger partial charge is 0.197 e. The zero-order valence-electron chi connectivity index (χ0n) is 12.2. The van der Waals surface area contributed by atoms with Gasteiger partial charge in [-0.2, -0.15) is 0 Å². The van der Waals surface area contributed by atoms with E-state index in [-0.39, 0.29) is 6.10 Å². The molecular weight excluding hydrogens is 311 g/mol. The summed E-state index contributed by atoms with van der Waals surface area (Å²) < 4.78 is 35.7. The highest BCUT2D eigenvalue weighted by Gasteiger charge is 2.56. The van der Waals surface area contributed by atoms with Gasteiger partial charge in [-0.1, -0.05) is 35.9 Å². The maximum Gasteiger partial charge on any atom is 0.197 e. The first-order valence-electron chi connectivity index (χ1n) is 7.11. The lowest BCUT2D eigenvalue weighted by molar-refractivity contribution is -0.228. The number of alkyl halides is 1. The molecule has 22 heavy (non-hydrogen) atoms. The number of ether oxygens (including phenoxy) is 4. The molecule has 0 radical (unpaired) electrons. The lowest BCUT2D eigenvalue weighted by Gasteiger charge is -2.25. The predicted molar refractivity (Wildman–Crippen MR) is 79.2 cm³/mol. The van der Waals surface area contributed by atoms with E-state index in [0.29, 0.717) is 11.6 Å². The third-order valence-electron chi connectivity index (χ3n) is 3.82. The van der Waals surface area contributed by atoms with Gasteiger partial charge in [0.2, 0.25) is 0 Å². The van der Waals surface area contributed by atoms with Crippen LogP contribution in [-0.4, -0.2) is 37.1 Å². The third kappa shape index (κ3) is 2.92. The number of hydrogen-bond acceptors (Lipinski definition) is 4. The van der Waals surface area contributed by atoms with Crippen molar-refractivity contribution < 1.29 is 23.3 Å². The Morgan fingerprint density at radius 1 is 1.41 bits per heavy atom. The molecule has 0 aliphatic carbocycles. The molecule has 0 amide bonds. The molecule has 1 aromatic rings. The molecule has 0 aromatic heterocycles. The summed E-state index contributed by atoms with van der Waals surface area (Å²) in [6.45, 7) is 4.83. The zero-order valence-corrected chi connectivity index (χ0v) is 13.0. The van der Waals surface area contributed by atoms with Crippen molar-refractivity contribution >= 4 is 11.6 Å². The molecular formula is C16H18ClFO4. The molecule has 0 N–H and O–H groups in total. The summed E-state index contributed by atoms with van der Waals surface area (Å²) in [5.74, 6) is -1.28. The van der Waals surface area contributed by atoms with Crippen LogP contribution >= 0.6 is 11.6 Å². The van der Waals surface area contributed by atoms with E-state index in [2.05, 4.69) is 6.58 Å². The molecule has 1 aromatic carbocycles. The highest BCUT2D eigenvalue weighted by atomic mass is 35.5. The molecule has 5 atom stereocenters. The molecule has 2 aliphatic rings. The number of halogens is 2. The summed E-state index contributed by atoms with van der Waals surface area (Å²) in [6, 6.07) is 7.43. The van der Waals surface area contributed by atoms with Crippen molar-refractivity contribution in [1.29, 1.82) is 0 Å². The number of rotatable bonds is 5. The normalized spacial score (nSPS) is 37.2. The van der Waals surface area contributed by atoms with Crippen LogP contribution in [0.15, 0.2) is 36.9 Å². The second kappa shape index (κ2) is 6.26. The van der Waals surface area contributed by atoms with Crippen LogP contribution in [0, 0.1) is 0 Å². The van der Waals surface area contributed by atoms with Crippen molar-refractivity contribution in [2.45, 2.75) is 43.9 Å². The fraction of sp³-hybridized carbons (Fsp3) is 0.500. The van der Waals surface area contributed by atoms with Gasteiger partial charge < -0.3 is 18.9 Å². The van der Waals surface area contributed by atoms with Gasteiger partial charge >= 0.3 is 0 Å². The zero-order chi connectivity index (χ0) is 15.7. The summed E-state index contributed by atoms with van der Waals surface area (Å²) in [4.78, 5) is 0. The van der Waals surface area contributed by atoms with E-state index in [1.807, 2.05) is 18.2 Å². The van der Waals surface area contributed by atoms with Gasteiger partial charge in [0.25, 0.3) is 0 Å². The average Bonchev–Trinajstić information content (AvgIpc) is 3.00. The van der Waals surface area contributed by atoms with Crippen LogP contribution in [-0.2, 0) is 25.6 Å². The summed E-state index contributed by atoms with van der Waals surface area (Å²) >= 11 is 6.12. The van der Waals surface area contributed by atoms with E-state index < -0.39 is 31.0 Å². The lowest BCUT2D eigenvalue weighted by atomic mass is 10.1. The predicted octanol–water partition coefficient (Wildman–Crippen LogP) is 3.24. The Hall–Kier alpha value is -0.980. The van der Waals surface area contributed by atoms with E-state index in [9.17, 15) is 4.39 Å². The molecule has 0 bridgehead atoms. The van der Waals surface area contributed by atoms with E-state index in [0.717, 1.165) is 5.56 Å². The summed E-state index contributed by atoms with van der Waals surface area (Å²) in [5.41, 5.74) is 0.864. The maximum atomic E-state index is 13.0. The standard InChI is InChI=1S/C16H18ClFO4/c1-3-12-13(19-8-10-6-4-5-7-11(10)17)14-15(20-12)22-16(2,9-18)21-14/h3-7,12-15H,1,8-9H2,2H3/t12-,13+,14-,15-,16?/m1/s1. The molecule has 2 fully saturated rings. The van der Waals surface area contributed by atoms with Crippen molar-refractivity contribution in [2.24, 2.45) is 0 Å². The second-order valence-electron chi connectivity index (χ2n) is 5.54. The molecule has 1 unspecified atom stereocenters. The fourth-order valence-corrected chi connectivity index (χ4v) is 2.86. The maximum absolute atomic E-state index is 13.0. The van der Waals surface area contributed by atoms with Crippen molar-refractivity contribution in [1.82, 2.24) is 0 Å². The van der Waals surface area contributed by atoms with E-state index in [1.165, 1.54) is 0 Å². The van der Waals surface area contributed by atoms with Gasteiger partial charge in [0.1, 0.15) is 25.0 Å². The van der Waals surface area contributed by atoms with Gasteiger partial charge in [0.15, 0.2) is 12.1 Å². The topological polar surface area (TPSA) is 36.9 Å². The van der Waals surface area contributed by atoms with Crippen LogP contribution in [0.5, 0.6) is 0 Å². The Balaban J connectivity index is 1.71. The highest BCUT2D eigenvalue weighted by Crippen LogP contribution is 2.39. The van der Waals surface area contributed by atoms with Crippen molar-refractivity contribution in [3.8, 4) is 0 Å². The number of hydrogen-bond donors (Lipinski definition) is 0. The van der Waals surface area contributed by atoms with Crippen LogP contribution in [0.2, 0.25) is 5.02 Å². The Labute approximate surface area is 133 Å². The molecule has 120 valence electrons. The van der Waals surface area contributed by atoms with Gasteiger partial charge in [-0.25, -0.2) is 4.39 Å². The number of benzene rings is 1. The van der Waals surface area contributed by atoms with Gasteiger partial charge in [-0.05, 0) is 18.6 Å². The van der Waals surface area contributed by atoms with Crippen molar-refractivity contribution in [3.63, 3.8) is 0 Å². The SMILES string of the molecule is C=C[C@H]1O[C@@H]2OC(C)(CF)O[C@@H]2[C@H]1OCc1ccccc1Cl. The minimum Gasteiger partial charge on any atom is -0.367 e. The van der Waals surface area contributed by atoms with E-state index >= 15 is 0 Å². The van der Waals surface area contributed by atoms with Crippen LogP contribution in [0.25, 0.3) is 0 Å². The van der Waals surface area contributed by atoms with Crippen LogP contribution in [0.3, 0.4) is 0 Å².